The zero-order chi connectivity index (χ0) is 8.81. The number of hydrogen-bond acceptors (Lipinski definition) is 3. The van der Waals surface area contributed by atoms with Gasteiger partial charge in [-0.15, -0.1) is 0 Å². The van der Waals surface area contributed by atoms with E-state index in [0.717, 1.165) is 5.56 Å². The Morgan fingerprint density at radius 2 is 2.17 bits per heavy atom. The average Bonchev–Trinajstić information content (AvgIpc) is 2.15. The van der Waals surface area contributed by atoms with Gasteiger partial charge in [-0.05, 0) is 6.07 Å². The number of rotatable bonds is 3. The van der Waals surface area contributed by atoms with Gasteiger partial charge in [-0.2, -0.15) is 5.26 Å². The molecule has 12 heavy (non-hydrogen) atoms. The fourth-order valence-corrected chi connectivity index (χ4v) is 0.923. The van der Waals surface area contributed by atoms with Crippen molar-refractivity contribution < 1.29 is 4.74 Å². The van der Waals surface area contributed by atoms with Crippen LogP contribution in [0.2, 0.25) is 0 Å². The number of ether oxygens (including phenoxy) is 1. The first kappa shape index (κ1) is 8.57. The molecule has 1 aromatic rings. The fourth-order valence-electron chi connectivity index (χ4n) is 0.923. The number of nitrogens with two attached hydrogens (primary N) is 1. The van der Waals surface area contributed by atoms with E-state index in [2.05, 4.69) is 0 Å². The average molecular weight is 162 g/mol. The molecule has 3 nitrogen and oxygen atoms in total. The Bertz CT molecular complexity index is 291. The van der Waals surface area contributed by atoms with E-state index in [1.54, 1.807) is 6.07 Å². The third-order valence-electron chi connectivity index (χ3n) is 1.48. The van der Waals surface area contributed by atoms with Crippen molar-refractivity contribution in [2.45, 2.75) is 6.54 Å². The summed E-state index contributed by atoms with van der Waals surface area (Å²) in [7, 11) is 0. The highest BCUT2D eigenvalue weighted by atomic mass is 16.5. The molecule has 1 aromatic carbocycles. The second-order valence-electron chi connectivity index (χ2n) is 2.26. The smallest absolute Gasteiger partial charge is 0.174 e. The molecule has 2 N–H and O–H groups in total. The van der Waals surface area contributed by atoms with E-state index in [1.165, 1.54) is 0 Å². The molecule has 0 aliphatic carbocycles. The lowest BCUT2D eigenvalue weighted by Gasteiger charge is -2.05. The van der Waals surface area contributed by atoms with Crippen LogP contribution in [0.15, 0.2) is 24.3 Å². The minimum absolute atomic E-state index is 0.0665. The molecule has 0 saturated carbocycles. The molecule has 0 saturated heterocycles. The van der Waals surface area contributed by atoms with Crippen LogP contribution in [-0.4, -0.2) is 6.61 Å². The van der Waals surface area contributed by atoms with Crippen LogP contribution >= 0.6 is 0 Å². The predicted molar refractivity (Wildman–Crippen MR) is 45.4 cm³/mol. The topological polar surface area (TPSA) is 59.0 Å². The first-order valence-corrected chi connectivity index (χ1v) is 3.66. The maximum absolute atomic E-state index is 8.28. The van der Waals surface area contributed by atoms with E-state index in [-0.39, 0.29) is 6.61 Å². The molecule has 1 rings (SSSR count). The van der Waals surface area contributed by atoms with Crippen LogP contribution in [-0.2, 0) is 6.54 Å². The standard InChI is InChI=1S/C9H10N2O/c10-5-6-12-9-4-2-1-3-8(9)7-11/h1-4H,6-7,11H2. The van der Waals surface area contributed by atoms with Gasteiger partial charge < -0.3 is 10.5 Å². The minimum atomic E-state index is 0.0665. The second kappa shape index (κ2) is 4.37. The van der Waals surface area contributed by atoms with Gasteiger partial charge in [0.15, 0.2) is 6.61 Å². The Morgan fingerprint density at radius 1 is 1.42 bits per heavy atom. The molecule has 0 atom stereocenters. The summed E-state index contributed by atoms with van der Waals surface area (Å²) in [4.78, 5) is 0. The van der Waals surface area contributed by atoms with Crippen molar-refractivity contribution in [2.75, 3.05) is 6.61 Å². The predicted octanol–water partition coefficient (Wildman–Crippen LogP) is 1.05. The van der Waals surface area contributed by atoms with E-state index < -0.39 is 0 Å². The highest BCUT2D eigenvalue weighted by Gasteiger charge is 1.98. The second-order valence-corrected chi connectivity index (χ2v) is 2.26. The Labute approximate surface area is 71.4 Å². The maximum Gasteiger partial charge on any atom is 0.174 e. The van der Waals surface area contributed by atoms with Gasteiger partial charge in [0.25, 0.3) is 0 Å². The van der Waals surface area contributed by atoms with E-state index in [0.29, 0.717) is 12.3 Å². The summed E-state index contributed by atoms with van der Waals surface area (Å²) in [6, 6.07) is 9.33. The molecule has 0 unspecified atom stereocenters. The van der Waals surface area contributed by atoms with Crippen LogP contribution < -0.4 is 10.5 Å². The van der Waals surface area contributed by atoms with Crippen LogP contribution in [0.1, 0.15) is 5.56 Å². The van der Waals surface area contributed by atoms with Crippen molar-refractivity contribution in [3.63, 3.8) is 0 Å². The third kappa shape index (κ3) is 1.97. The summed E-state index contributed by atoms with van der Waals surface area (Å²) in [5, 5.41) is 8.28. The normalized spacial score (nSPS) is 9.00. The SMILES string of the molecule is N#CCOc1ccccc1CN. The lowest BCUT2D eigenvalue weighted by molar-refractivity contribution is 0.364. The summed E-state index contributed by atoms with van der Waals surface area (Å²) in [6.45, 7) is 0.499. The summed E-state index contributed by atoms with van der Waals surface area (Å²) in [5.74, 6) is 0.696. The molecular weight excluding hydrogens is 152 g/mol. The molecule has 0 bridgehead atoms. The van der Waals surface area contributed by atoms with Crippen LogP contribution in [0.25, 0.3) is 0 Å². The number of nitrogens with zero attached hydrogens (tertiary/aromatic N) is 1. The first-order chi connectivity index (χ1) is 5.88. The van der Waals surface area contributed by atoms with E-state index >= 15 is 0 Å². The van der Waals surface area contributed by atoms with Crippen molar-refractivity contribution in [3.8, 4) is 11.8 Å². The zero-order valence-electron chi connectivity index (χ0n) is 6.66. The van der Waals surface area contributed by atoms with Crippen molar-refractivity contribution in [2.24, 2.45) is 5.73 Å². The van der Waals surface area contributed by atoms with Gasteiger partial charge in [0, 0.05) is 12.1 Å². The van der Waals surface area contributed by atoms with Crippen LogP contribution in [0.5, 0.6) is 5.75 Å². The third-order valence-corrected chi connectivity index (χ3v) is 1.48. The molecule has 0 aromatic heterocycles. The molecule has 0 amide bonds. The number of hydrogen-bond donors (Lipinski definition) is 1. The van der Waals surface area contributed by atoms with Crippen LogP contribution in [0.4, 0.5) is 0 Å². The van der Waals surface area contributed by atoms with Gasteiger partial charge in [0.2, 0.25) is 0 Å². The maximum atomic E-state index is 8.28. The molecule has 0 aliphatic heterocycles. The van der Waals surface area contributed by atoms with Gasteiger partial charge in [-0.1, -0.05) is 18.2 Å². The van der Waals surface area contributed by atoms with Crippen molar-refractivity contribution >= 4 is 0 Å². The van der Waals surface area contributed by atoms with E-state index in [4.69, 9.17) is 15.7 Å². The van der Waals surface area contributed by atoms with Crippen LogP contribution in [0.3, 0.4) is 0 Å². The lowest BCUT2D eigenvalue weighted by Crippen LogP contribution is -2.02. The van der Waals surface area contributed by atoms with Crippen molar-refractivity contribution in [1.29, 1.82) is 5.26 Å². The Kier molecular flexibility index (Phi) is 3.12. The quantitative estimate of drug-likeness (QED) is 0.722. The van der Waals surface area contributed by atoms with Crippen molar-refractivity contribution in [3.05, 3.63) is 29.8 Å². The van der Waals surface area contributed by atoms with E-state index in [1.807, 2.05) is 24.3 Å². The zero-order valence-corrected chi connectivity index (χ0v) is 6.66. The first-order valence-electron chi connectivity index (χ1n) is 3.66. The summed E-state index contributed by atoms with van der Waals surface area (Å²) in [6.07, 6.45) is 0. The fraction of sp³-hybridized carbons (Fsp3) is 0.222. The van der Waals surface area contributed by atoms with Gasteiger partial charge in [0.05, 0.1) is 0 Å². The number of nitriles is 1. The lowest BCUT2D eigenvalue weighted by atomic mass is 10.2. The van der Waals surface area contributed by atoms with Crippen molar-refractivity contribution in [1.82, 2.24) is 0 Å². The summed E-state index contributed by atoms with van der Waals surface area (Å²) < 4.78 is 5.14. The monoisotopic (exact) mass is 162 g/mol. The van der Waals surface area contributed by atoms with Gasteiger partial charge in [-0.25, -0.2) is 0 Å². The summed E-state index contributed by atoms with van der Waals surface area (Å²) >= 11 is 0. The largest absolute Gasteiger partial charge is 0.478 e. The highest BCUT2D eigenvalue weighted by Crippen LogP contribution is 2.16. The molecule has 0 radical (unpaired) electrons. The molecule has 0 aliphatic rings. The Balaban J connectivity index is 2.76. The molecule has 0 spiro atoms. The van der Waals surface area contributed by atoms with Crippen LogP contribution in [0, 0.1) is 11.3 Å². The molecular formula is C9H10N2O. The highest BCUT2D eigenvalue weighted by molar-refractivity contribution is 5.33. The molecule has 62 valence electrons. The van der Waals surface area contributed by atoms with E-state index in [9.17, 15) is 0 Å². The minimum Gasteiger partial charge on any atom is -0.478 e. The Hall–Kier alpha value is -1.53. The Morgan fingerprint density at radius 3 is 2.83 bits per heavy atom. The van der Waals surface area contributed by atoms with Gasteiger partial charge in [-0.3, -0.25) is 0 Å². The molecule has 3 heteroatoms. The number of para-hydroxylation sites is 1. The van der Waals surface area contributed by atoms with Gasteiger partial charge in [0.1, 0.15) is 11.8 Å². The van der Waals surface area contributed by atoms with Gasteiger partial charge >= 0.3 is 0 Å². The molecule has 0 fully saturated rings. The number of benzene rings is 1. The molecule has 0 heterocycles. The summed E-state index contributed by atoms with van der Waals surface area (Å²) in [5.41, 5.74) is 6.38.